The summed E-state index contributed by atoms with van der Waals surface area (Å²) in [5.74, 6) is -0.909. The summed E-state index contributed by atoms with van der Waals surface area (Å²) in [6.07, 6.45) is -3.80. The molecule has 0 radical (unpaired) electrons. The summed E-state index contributed by atoms with van der Waals surface area (Å²) in [5.41, 5.74) is -0.360. The van der Waals surface area contributed by atoms with Crippen LogP contribution in [0.2, 0.25) is 5.02 Å². The first-order chi connectivity index (χ1) is 9.79. The summed E-state index contributed by atoms with van der Waals surface area (Å²) in [6.45, 7) is 0. The molecule has 1 saturated carbocycles. The molecule has 1 aliphatic heterocycles. The van der Waals surface area contributed by atoms with Crippen LogP contribution >= 0.6 is 11.6 Å². The quantitative estimate of drug-likeness (QED) is 0.754. The molecule has 116 valence electrons. The van der Waals surface area contributed by atoms with E-state index in [4.69, 9.17) is 16.3 Å². The molecule has 2 aliphatic rings. The lowest BCUT2D eigenvalue weighted by molar-refractivity contribution is -0.201. The second-order valence-corrected chi connectivity index (χ2v) is 6.46. The highest BCUT2D eigenvalue weighted by molar-refractivity contribution is 6.30. The van der Waals surface area contributed by atoms with Crippen molar-refractivity contribution in [1.82, 2.24) is 0 Å². The zero-order chi connectivity index (χ0) is 15.3. The first kappa shape index (κ1) is 15.0. The number of alkyl halides is 3. The van der Waals surface area contributed by atoms with Gasteiger partial charge >= 0.3 is 6.18 Å². The monoisotopic (exact) mass is 320 g/mol. The van der Waals surface area contributed by atoms with E-state index < -0.39 is 23.8 Å². The zero-order valence-corrected chi connectivity index (χ0v) is 12.0. The van der Waals surface area contributed by atoms with Crippen molar-refractivity contribution in [1.29, 1.82) is 0 Å². The van der Waals surface area contributed by atoms with Crippen LogP contribution in [-0.4, -0.2) is 16.9 Å². The largest absolute Gasteiger partial charge is 0.487 e. The highest BCUT2D eigenvalue weighted by Gasteiger charge is 2.51. The highest BCUT2D eigenvalue weighted by atomic mass is 35.5. The van der Waals surface area contributed by atoms with Crippen LogP contribution < -0.4 is 4.74 Å². The number of ether oxygens (including phenoxy) is 1. The molecule has 0 saturated heterocycles. The lowest BCUT2D eigenvalue weighted by Crippen LogP contribution is -2.47. The molecule has 1 spiro atoms. The van der Waals surface area contributed by atoms with E-state index >= 15 is 0 Å². The summed E-state index contributed by atoms with van der Waals surface area (Å²) in [6, 6.07) is 4.85. The minimum absolute atomic E-state index is 0.0877. The van der Waals surface area contributed by atoms with Crippen molar-refractivity contribution < 1.29 is 23.0 Å². The second-order valence-electron chi connectivity index (χ2n) is 6.02. The Morgan fingerprint density at radius 1 is 1.29 bits per heavy atom. The van der Waals surface area contributed by atoms with Crippen LogP contribution in [0.1, 0.15) is 43.8 Å². The molecule has 6 heteroatoms. The van der Waals surface area contributed by atoms with Crippen molar-refractivity contribution in [2.24, 2.45) is 5.92 Å². The van der Waals surface area contributed by atoms with Gasteiger partial charge in [-0.25, -0.2) is 0 Å². The van der Waals surface area contributed by atoms with E-state index in [9.17, 15) is 18.3 Å². The number of hydrogen-bond donors (Lipinski definition) is 1. The molecular weight excluding hydrogens is 305 g/mol. The van der Waals surface area contributed by atoms with Crippen LogP contribution in [0.15, 0.2) is 18.2 Å². The Balaban J connectivity index is 1.89. The molecule has 3 atom stereocenters. The Bertz CT molecular complexity index is 546. The van der Waals surface area contributed by atoms with Gasteiger partial charge in [0.25, 0.3) is 0 Å². The first-order valence-electron chi connectivity index (χ1n) is 7.02. The summed E-state index contributed by atoms with van der Waals surface area (Å²) >= 11 is 5.89. The molecule has 1 aromatic carbocycles. The highest BCUT2D eigenvalue weighted by Crippen LogP contribution is 2.50. The average Bonchev–Trinajstić information content (AvgIpc) is 2.39. The number of halogens is 4. The number of aliphatic hydroxyl groups excluding tert-OH is 1. The number of aliphatic hydroxyl groups is 1. The topological polar surface area (TPSA) is 29.5 Å². The molecule has 1 heterocycles. The Kier molecular flexibility index (Phi) is 3.61. The fourth-order valence-electron chi connectivity index (χ4n) is 3.49. The number of benzene rings is 1. The van der Waals surface area contributed by atoms with Gasteiger partial charge in [-0.3, -0.25) is 0 Å². The van der Waals surface area contributed by atoms with Crippen LogP contribution in [0.25, 0.3) is 0 Å². The van der Waals surface area contributed by atoms with Gasteiger partial charge in [0.2, 0.25) is 0 Å². The standard InChI is InChI=1S/C15H16ClF3O2/c16-10-3-4-13-11(6-10)12(20)8-14(21-13)5-1-2-9(7-14)15(17,18)19/h3-4,6,9,12,20H,1-2,5,7-8H2. The van der Waals surface area contributed by atoms with Crippen molar-refractivity contribution >= 4 is 11.6 Å². The summed E-state index contributed by atoms with van der Waals surface area (Å²) in [7, 11) is 0. The van der Waals surface area contributed by atoms with E-state index in [-0.39, 0.29) is 19.3 Å². The van der Waals surface area contributed by atoms with Gasteiger partial charge < -0.3 is 9.84 Å². The van der Waals surface area contributed by atoms with E-state index in [2.05, 4.69) is 0 Å². The van der Waals surface area contributed by atoms with Crippen molar-refractivity contribution in [3.63, 3.8) is 0 Å². The average molecular weight is 321 g/mol. The Morgan fingerprint density at radius 2 is 2.05 bits per heavy atom. The van der Waals surface area contributed by atoms with Crippen molar-refractivity contribution in [2.45, 2.75) is 50.0 Å². The number of rotatable bonds is 0. The van der Waals surface area contributed by atoms with Crippen LogP contribution in [0.4, 0.5) is 13.2 Å². The SMILES string of the molecule is OC1CC2(CCCC(C(F)(F)F)C2)Oc2ccc(Cl)cc21. The van der Waals surface area contributed by atoms with Gasteiger partial charge in [0.05, 0.1) is 12.0 Å². The van der Waals surface area contributed by atoms with Crippen LogP contribution in [0.3, 0.4) is 0 Å². The number of fused-ring (bicyclic) bond motifs is 1. The molecule has 1 aliphatic carbocycles. The molecule has 1 aromatic rings. The van der Waals surface area contributed by atoms with E-state index in [1.807, 2.05) is 0 Å². The van der Waals surface area contributed by atoms with Gasteiger partial charge in [-0.05, 0) is 43.9 Å². The van der Waals surface area contributed by atoms with E-state index in [0.29, 0.717) is 29.2 Å². The van der Waals surface area contributed by atoms with Crippen LogP contribution in [0, 0.1) is 5.92 Å². The summed E-state index contributed by atoms with van der Waals surface area (Å²) < 4.78 is 44.9. The fourth-order valence-corrected chi connectivity index (χ4v) is 3.67. The van der Waals surface area contributed by atoms with Crippen LogP contribution in [0.5, 0.6) is 5.75 Å². The predicted octanol–water partition coefficient (Wildman–Crippen LogP) is 4.65. The third-order valence-electron chi connectivity index (χ3n) is 4.49. The predicted molar refractivity (Wildman–Crippen MR) is 72.4 cm³/mol. The zero-order valence-electron chi connectivity index (χ0n) is 11.3. The van der Waals surface area contributed by atoms with Gasteiger partial charge in [0.15, 0.2) is 0 Å². The Morgan fingerprint density at radius 3 is 2.76 bits per heavy atom. The molecule has 0 bridgehead atoms. The molecule has 1 fully saturated rings. The minimum atomic E-state index is -4.21. The maximum absolute atomic E-state index is 13.0. The van der Waals surface area contributed by atoms with E-state index in [1.165, 1.54) is 0 Å². The Hall–Kier alpha value is -0.940. The molecule has 1 N–H and O–H groups in total. The Labute approximate surface area is 125 Å². The molecule has 3 rings (SSSR count). The first-order valence-corrected chi connectivity index (χ1v) is 7.40. The third-order valence-corrected chi connectivity index (χ3v) is 4.72. The van der Waals surface area contributed by atoms with E-state index in [0.717, 1.165) is 0 Å². The molecule has 2 nitrogen and oxygen atoms in total. The fraction of sp³-hybridized carbons (Fsp3) is 0.600. The van der Waals surface area contributed by atoms with Gasteiger partial charge in [-0.1, -0.05) is 11.6 Å². The van der Waals surface area contributed by atoms with Crippen molar-refractivity contribution in [2.75, 3.05) is 0 Å². The normalized spacial score (nSPS) is 32.6. The number of hydrogen-bond acceptors (Lipinski definition) is 2. The molecule has 21 heavy (non-hydrogen) atoms. The van der Waals surface area contributed by atoms with Gasteiger partial charge in [-0.15, -0.1) is 0 Å². The maximum Gasteiger partial charge on any atom is 0.391 e. The lowest BCUT2D eigenvalue weighted by atomic mass is 9.73. The molecule has 0 amide bonds. The molecule has 3 unspecified atom stereocenters. The van der Waals surface area contributed by atoms with Crippen molar-refractivity contribution in [3.8, 4) is 5.75 Å². The van der Waals surface area contributed by atoms with E-state index in [1.54, 1.807) is 18.2 Å². The summed E-state index contributed by atoms with van der Waals surface area (Å²) in [4.78, 5) is 0. The molecule has 0 aromatic heterocycles. The second kappa shape index (κ2) is 5.06. The van der Waals surface area contributed by atoms with Gasteiger partial charge in [0, 0.05) is 17.0 Å². The maximum atomic E-state index is 13.0. The lowest BCUT2D eigenvalue weighted by Gasteiger charge is -2.45. The van der Waals surface area contributed by atoms with Crippen LogP contribution in [-0.2, 0) is 0 Å². The third kappa shape index (κ3) is 2.86. The molecular formula is C15H16ClF3O2. The summed E-state index contributed by atoms with van der Waals surface area (Å²) in [5, 5.41) is 10.7. The van der Waals surface area contributed by atoms with Gasteiger partial charge in [0.1, 0.15) is 11.4 Å². The minimum Gasteiger partial charge on any atom is -0.487 e. The smallest absolute Gasteiger partial charge is 0.391 e. The van der Waals surface area contributed by atoms with Gasteiger partial charge in [-0.2, -0.15) is 13.2 Å². The van der Waals surface area contributed by atoms with Crippen molar-refractivity contribution in [3.05, 3.63) is 28.8 Å².